The third-order valence-electron chi connectivity index (χ3n) is 5.11. The number of hydrogen-bond donors (Lipinski definition) is 1. The number of nitrogens with one attached hydrogen (secondary N) is 1. The van der Waals surface area contributed by atoms with Crippen molar-refractivity contribution >= 4 is 22.2 Å². The fourth-order valence-corrected chi connectivity index (χ4v) is 5.09. The molecule has 5 heteroatoms. The number of carbonyl (C=O) groups is 1. The molecular formula is C20H21N3OS. The molecule has 4 rings (SSSR count). The van der Waals surface area contributed by atoms with Gasteiger partial charge in [0.25, 0.3) is 0 Å². The van der Waals surface area contributed by atoms with Crippen LogP contribution < -0.4 is 5.32 Å². The smallest absolute Gasteiger partial charge is 0.239 e. The lowest BCUT2D eigenvalue weighted by Gasteiger charge is -2.27. The number of aryl methyl sites for hydroxylation is 1. The summed E-state index contributed by atoms with van der Waals surface area (Å²) in [4.78, 5) is 16.0. The van der Waals surface area contributed by atoms with Crippen LogP contribution in [0.5, 0.6) is 0 Å². The van der Waals surface area contributed by atoms with Crippen LogP contribution in [0.2, 0.25) is 0 Å². The topological polar surface area (TPSA) is 56.1 Å². The molecule has 128 valence electrons. The van der Waals surface area contributed by atoms with Crippen LogP contribution in [-0.4, -0.2) is 23.9 Å². The van der Waals surface area contributed by atoms with Crippen LogP contribution in [0.1, 0.15) is 40.0 Å². The molecule has 0 spiro atoms. The van der Waals surface area contributed by atoms with E-state index in [-0.39, 0.29) is 5.91 Å². The van der Waals surface area contributed by atoms with Gasteiger partial charge in [0.2, 0.25) is 5.91 Å². The van der Waals surface area contributed by atoms with Gasteiger partial charge in [-0.05, 0) is 48.8 Å². The van der Waals surface area contributed by atoms with Gasteiger partial charge in [-0.25, -0.2) is 0 Å². The molecule has 1 N–H and O–H groups in total. The Morgan fingerprint density at radius 2 is 2.00 bits per heavy atom. The minimum atomic E-state index is -0.0190. The molecule has 1 aromatic heterocycles. The van der Waals surface area contributed by atoms with Crippen LogP contribution >= 0.6 is 11.3 Å². The zero-order valence-corrected chi connectivity index (χ0v) is 15.0. The Bertz CT molecular complexity index is 849. The van der Waals surface area contributed by atoms with Gasteiger partial charge < -0.3 is 5.32 Å². The summed E-state index contributed by atoms with van der Waals surface area (Å²) in [7, 11) is 0. The highest BCUT2D eigenvalue weighted by Gasteiger charge is 2.23. The van der Waals surface area contributed by atoms with E-state index in [1.165, 1.54) is 28.0 Å². The van der Waals surface area contributed by atoms with Crippen molar-refractivity contribution < 1.29 is 4.79 Å². The van der Waals surface area contributed by atoms with Crippen molar-refractivity contribution in [2.45, 2.75) is 38.6 Å². The number of anilines is 1. The Morgan fingerprint density at radius 1 is 1.20 bits per heavy atom. The summed E-state index contributed by atoms with van der Waals surface area (Å²) in [6.45, 7) is 2.09. The van der Waals surface area contributed by atoms with Crippen molar-refractivity contribution in [2.75, 3.05) is 18.4 Å². The van der Waals surface area contributed by atoms with Crippen LogP contribution in [0.4, 0.5) is 5.00 Å². The van der Waals surface area contributed by atoms with Crippen LogP contribution in [0, 0.1) is 11.3 Å². The first-order valence-electron chi connectivity index (χ1n) is 8.88. The van der Waals surface area contributed by atoms with Crippen molar-refractivity contribution in [3.8, 4) is 6.07 Å². The quantitative estimate of drug-likeness (QED) is 0.921. The highest BCUT2D eigenvalue weighted by molar-refractivity contribution is 7.16. The van der Waals surface area contributed by atoms with Crippen molar-refractivity contribution in [1.82, 2.24) is 4.90 Å². The van der Waals surface area contributed by atoms with Crippen molar-refractivity contribution in [1.29, 1.82) is 5.26 Å². The predicted molar refractivity (Wildman–Crippen MR) is 99.7 cm³/mol. The molecule has 1 amide bonds. The first-order chi connectivity index (χ1) is 12.2. The molecular weight excluding hydrogens is 330 g/mol. The summed E-state index contributed by atoms with van der Waals surface area (Å²) in [5.41, 5.74) is 4.56. The molecule has 0 saturated carbocycles. The average Bonchev–Trinajstić information content (AvgIpc) is 2.98. The first-order valence-corrected chi connectivity index (χ1v) is 9.70. The van der Waals surface area contributed by atoms with Gasteiger partial charge in [-0.3, -0.25) is 9.69 Å². The van der Waals surface area contributed by atoms with Crippen LogP contribution in [-0.2, 0) is 30.6 Å². The van der Waals surface area contributed by atoms with E-state index in [2.05, 4.69) is 40.6 Å². The van der Waals surface area contributed by atoms with Crippen molar-refractivity contribution in [2.24, 2.45) is 0 Å². The normalized spacial score (nSPS) is 16.6. The largest absolute Gasteiger partial charge is 0.315 e. The molecule has 0 bridgehead atoms. The Balaban J connectivity index is 1.43. The summed E-state index contributed by atoms with van der Waals surface area (Å²) in [6.07, 6.45) is 5.30. The van der Waals surface area contributed by atoms with Gasteiger partial charge in [0.05, 0.1) is 12.1 Å². The molecule has 1 aromatic carbocycles. The van der Waals surface area contributed by atoms with Gasteiger partial charge in [0.1, 0.15) is 11.1 Å². The minimum absolute atomic E-state index is 0.0190. The van der Waals surface area contributed by atoms with Gasteiger partial charge >= 0.3 is 0 Å². The van der Waals surface area contributed by atoms with E-state index in [1.807, 2.05) is 0 Å². The molecule has 2 heterocycles. The summed E-state index contributed by atoms with van der Waals surface area (Å²) in [5, 5.41) is 13.3. The number of rotatable bonds is 3. The molecule has 0 atom stereocenters. The second-order valence-corrected chi connectivity index (χ2v) is 7.91. The van der Waals surface area contributed by atoms with Crippen molar-refractivity contribution in [3.63, 3.8) is 0 Å². The lowest BCUT2D eigenvalue weighted by atomic mass is 9.96. The maximum atomic E-state index is 12.5. The van der Waals surface area contributed by atoms with E-state index in [0.29, 0.717) is 12.1 Å². The number of benzene rings is 1. The minimum Gasteiger partial charge on any atom is -0.315 e. The van der Waals surface area contributed by atoms with Crippen LogP contribution in [0.15, 0.2) is 24.3 Å². The van der Waals surface area contributed by atoms with Gasteiger partial charge in [-0.15, -0.1) is 11.3 Å². The lowest BCUT2D eigenvalue weighted by molar-refractivity contribution is -0.117. The molecule has 1 aliphatic heterocycles. The number of hydrogen-bond acceptors (Lipinski definition) is 4. The predicted octanol–water partition coefficient (Wildman–Crippen LogP) is 3.50. The first kappa shape index (κ1) is 16.3. The molecule has 2 aromatic rings. The standard InChI is InChI=1S/C20H21N3OS/c21-11-17-16-7-3-4-8-18(16)25-20(17)22-19(24)13-23-10-9-14-5-1-2-6-15(14)12-23/h1-2,5-6H,3-4,7-10,12-13H2,(H,22,24). The Kier molecular flexibility index (Phi) is 4.56. The average molecular weight is 351 g/mol. The number of amides is 1. The third kappa shape index (κ3) is 3.33. The lowest BCUT2D eigenvalue weighted by Crippen LogP contribution is -2.37. The highest BCUT2D eigenvalue weighted by Crippen LogP contribution is 2.37. The number of fused-ring (bicyclic) bond motifs is 2. The molecule has 0 fully saturated rings. The zero-order chi connectivity index (χ0) is 17.2. The summed E-state index contributed by atoms with van der Waals surface area (Å²) in [6, 6.07) is 10.7. The SMILES string of the molecule is N#Cc1c(NC(=O)CN2CCc3ccccc3C2)sc2c1CCCC2. The highest BCUT2D eigenvalue weighted by atomic mass is 32.1. The maximum Gasteiger partial charge on any atom is 0.239 e. The fraction of sp³-hybridized carbons (Fsp3) is 0.400. The molecule has 0 saturated heterocycles. The molecule has 1 aliphatic carbocycles. The monoisotopic (exact) mass is 351 g/mol. The fourth-order valence-electron chi connectivity index (χ4n) is 3.83. The third-order valence-corrected chi connectivity index (χ3v) is 6.32. The maximum absolute atomic E-state index is 12.5. The molecule has 4 nitrogen and oxygen atoms in total. The number of thiophene rings is 1. The number of carbonyl (C=O) groups excluding carboxylic acids is 1. The summed E-state index contributed by atoms with van der Waals surface area (Å²) < 4.78 is 0. The van der Waals surface area contributed by atoms with Crippen LogP contribution in [0.3, 0.4) is 0 Å². The molecule has 25 heavy (non-hydrogen) atoms. The Morgan fingerprint density at radius 3 is 2.84 bits per heavy atom. The van der Waals surface area contributed by atoms with Crippen molar-refractivity contribution in [3.05, 3.63) is 51.4 Å². The van der Waals surface area contributed by atoms with Crippen LogP contribution in [0.25, 0.3) is 0 Å². The summed E-state index contributed by atoms with van der Waals surface area (Å²) in [5.74, 6) is -0.0190. The van der Waals surface area contributed by atoms with E-state index in [0.717, 1.165) is 43.8 Å². The van der Waals surface area contributed by atoms with E-state index in [9.17, 15) is 10.1 Å². The zero-order valence-electron chi connectivity index (χ0n) is 14.2. The second-order valence-electron chi connectivity index (χ2n) is 6.80. The van der Waals surface area contributed by atoms with Gasteiger partial charge in [0.15, 0.2) is 0 Å². The Labute approximate surface area is 152 Å². The van der Waals surface area contributed by atoms with Gasteiger partial charge in [0, 0.05) is 18.0 Å². The molecule has 0 unspecified atom stereocenters. The Hall–Kier alpha value is -2.16. The number of nitriles is 1. The van der Waals surface area contributed by atoms with E-state index < -0.39 is 0 Å². The van der Waals surface area contributed by atoms with E-state index in [4.69, 9.17) is 0 Å². The van der Waals surface area contributed by atoms with Gasteiger partial charge in [-0.2, -0.15) is 5.26 Å². The van der Waals surface area contributed by atoms with E-state index in [1.54, 1.807) is 11.3 Å². The molecule has 0 radical (unpaired) electrons. The van der Waals surface area contributed by atoms with E-state index >= 15 is 0 Å². The van der Waals surface area contributed by atoms with Gasteiger partial charge in [-0.1, -0.05) is 24.3 Å². The molecule has 2 aliphatic rings. The summed E-state index contributed by atoms with van der Waals surface area (Å²) >= 11 is 1.59. The number of nitrogens with zero attached hydrogens (tertiary/aromatic N) is 2. The second kappa shape index (κ2) is 6.99.